The van der Waals surface area contributed by atoms with Crippen LogP contribution in [0.2, 0.25) is 0 Å². The molecule has 0 radical (unpaired) electrons. The fourth-order valence-electron chi connectivity index (χ4n) is 1.13. The molecule has 0 saturated carbocycles. The van der Waals surface area contributed by atoms with Gasteiger partial charge in [0, 0.05) is 12.7 Å². The Balaban J connectivity index is 2.17. The van der Waals surface area contributed by atoms with Gasteiger partial charge in [-0.2, -0.15) is 9.61 Å². The molecular formula is C8H11N5O. The summed E-state index contributed by atoms with van der Waals surface area (Å²) in [6.07, 6.45) is 1.68. The van der Waals surface area contributed by atoms with Gasteiger partial charge in [0.15, 0.2) is 11.5 Å². The summed E-state index contributed by atoms with van der Waals surface area (Å²) in [6, 6.07) is 3.65. The average molecular weight is 193 g/mol. The first-order valence-corrected chi connectivity index (χ1v) is 4.35. The normalized spacial score (nSPS) is 10.9. The monoisotopic (exact) mass is 193 g/mol. The number of ether oxygens (including phenoxy) is 1. The van der Waals surface area contributed by atoms with Crippen LogP contribution >= 0.6 is 0 Å². The standard InChI is InChI=1S/C8H11N5O/c9-3-5-14-6-8-12-11-7-2-1-4-10-13(7)8/h1-2,4H,3,5-6,9H2. The molecule has 0 spiro atoms. The van der Waals surface area contributed by atoms with E-state index in [4.69, 9.17) is 10.5 Å². The van der Waals surface area contributed by atoms with Gasteiger partial charge in [0.1, 0.15) is 6.61 Å². The van der Waals surface area contributed by atoms with Crippen LogP contribution < -0.4 is 5.73 Å². The Kier molecular flexibility index (Phi) is 2.66. The second-order valence-corrected chi connectivity index (χ2v) is 2.75. The molecule has 2 aromatic heterocycles. The molecule has 0 aliphatic heterocycles. The molecule has 2 rings (SSSR count). The van der Waals surface area contributed by atoms with Crippen LogP contribution in [0.15, 0.2) is 18.3 Å². The molecule has 74 valence electrons. The Morgan fingerprint density at radius 2 is 2.36 bits per heavy atom. The summed E-state index contributed by atoms with van der Waals surface area (Å²) in [4.78, 5) is 0. The van der Waals surface area contributed by atoms with Crippen LogP contribution in [0.3, 0.4) is 0 Å². The molecule has 0 aliphatic carbocycles. The third kappa shape index (κ3) is 1.70. The Morgan fingerprint density at radius 1 is 1.43 bits per heavy atom. The summed E-state index contributed by atoms with van der Waals surface area (Å²) >= 11 is 0. The summed E-state index contributed by atoms with van der Waals surface area (Å²) in [5.41, 5.74) is 6.02. The molecule has 0 atom stereocenters. The highest BCUT2D eigenvalue weighted by atomic mass is 16.5. The van der Waals surface area contributed by atoms with E-state index in [-0.39, 0.29) is 0 Å². The van der Waals surface area contributed by atoms with Gasteiger partial charge in [-0.25, -0.2) is 0 Å². The smallest absolute Gasteiger partial charge is 0.180 e. The van der Waals surface area contributed by atoms with Gasteiger partial charge in [0.25, 0.3) is 0 Å². The van der Waals surface area contributed by atoms with Gasteiger partial charge < -0.3 is 10.5 Å². The topological polar surface area (TPSA) is 78.3 Å². The number of aromatic nitrogens is 4. The Bertz CT molecular complexity index is 413. The zero-order valence-electron chi connectivity index (χ0n) is 7.63. The minimum Gasteiger partial charge on any atom is -0.372 e. The fourth-order valence-corrected chi connectivity index (χ4v) is 1.13. The van der Waals surface area contributed by atoms with Gasteiger partial charge >= 0.3 is 0 Å². The first-order valence-electron chi connectivity index (χ1n) is 4.35. The van der Waals surface area contributed by atoms with Gasteiger partial charge in [-0.05, 0) is 12.1 Å². The third-order valence-corrected chi connectivity index (χ3v) is 1.74. The van der Waals surface area contributed by atoms with Gasteiger partial charge in [-0.15, -0.1) is 10.2 Å². The summed E-state index contributed by atoms with van der Waals surface area (Å²) in [7, 11) is 0. The van der Waals surface area contributed by atoms with E-state index in [1.54, 1.807) is 10.7 Å². The van der Waals surface area contributed by atoms with Crippen LogP contribution in [0.4, 0.5) is 0 Å². The number of fused-ring (bicyclic) bond motifs is 1. The van der Waals surface area contributed by atoms with Gasteiger partial charge in [0.2, 0.25) is 0 Å². The molecule has 0 saturated heterocycles. The van der Waals surface area contributed by atoms with Crippen LogP contribution in [0.5, 0.6) is 0 Å². The molecule has 2 N–H and O–H groups in total. The lowest BCUT2D eigenvalue weighted by Crippen LogP contribution is -2.09. The molecule has 0 amide bonds. The molecule has 2 heterocycles. The van der Waals surface area contributed by atoms with E-state index in [0.717, 1.165) is 5.65 Å². The Hall–Kier alpha value is -1.53. The first kappa shape index (κ1) is 9.04. The molecule has 6 heteroatoms. The van der Waals surface area contributed by atoms with Crippen LogP contribution in [0.25, 0.3) is 5.65 Å². The van der Waals surface area contributed by atoms with Crippen molar-refractivity contribution in [1.82, 2.24) is 19.8 Å². The second kappa shape index (κ2) is 4.12. The van der Waals surface area contributed by atoms with Crippen molar-refractivity contribution >= 4 is 5.65 Å². The largest absolute Gasteiger partial charge is 0.372 e. The minimum absolute atomic E-state index is 0.384. The Labute approximate surface area is 80.7 Å². The predicted molar refractivity (Wildman–Crippen MR) is 49.5 cm³/mol. The zero-order valence-corrected chi connectivity index (χ0v) is 7.63. The third-order valence-electron chi connectivity index (χ3n) is 1.74. The predicted octanol–water partition coefficient (Wildman–Crippen LogP) is -0.400. The highest BCUT2D eigenvalue weighted by Gasteiger charge is 2.04. The van der Waals surface area contributed by atoms with Crippen LogP contribution in [0, 0.1) is 0 Å². The molecule has 0 bridgehead atoms. The lowest BCUT2D eigenvalue weighted by atomic mass is 10.5. The number of nitrogens with two attached hydrogens (primary N) is 1. The molecule has 0 unspecified atom stereocenters. The SMILES string of the molecule is NCCOCc1nnc2cccnn12. The van der Waals surface area contributed by atoms with E-state index in [1.165, 1.54) is 0 Å². The van der Waals surface area contributed by atoms with E-state index in [1.807, 2.05) is 12.1 Å². The quantitative estimate of drug-likeness (QED) is 0.668. The summed E-state index contributed by atoms with van der Waals surface area (Å²) in [5, 5.41) is 12.0. The molecule has 2 aromatic rings. The number of nitrogens with zero attached hydrogens (tertiary/aromatic N) is 4. The van der Waals surface area contributed by atoms with Crippen molar-refractivity contribution in [2.24, 2.45) is 5.73 Å². The van der Waals surface area contributed by atoms with E-state index in [0.29, 0.717) is 25.6 Å². The van der Waals surface area contributed by atoms with E-state index < -0.39 is 0 Å². The molecular weight excluding hydrogens is 182 g/mol. The van der Waals surface area contributed by atoms with Crippen molar-refractivity contribution in [1.29, 1.82) is 0 Å². The maximum atomic E-state index is 5.30. The number of hydrogen-bond donors (Lipinski definition) is 1. The maximum absolute atomic E-state index is 5.30. The highest BCUT2D eigenvalue weighted by molar-refractivity contribution is 5.34. The minimum atomic E-state index is 0.384. The maximum Gasteiger partial charge on any atom is 0.180 e. The summed E-state index contributed by atoms with van der Waals surface area (Å²) in [6.45, 7) is 1.40. The van der Waals surface area contributed by atoms with E-state index >= 15 is 0 Å². The summed E-state index contributed by atoms with van der Waals surface area (Å²) < 4.78 is 6.90. The van der Waals surface area contributed by atoms with Crippen molar-refractivity contribution in [2.45, 2.75) is 6.61 Å². The zero-order chi connectivity index (χ0) is 9.80. The average Bonchev–Trinajstić information content (AvgIpc) is 2.63. The molecule has 6 nitrogen and oxygen atoms in total. The molecule has 0 aliphatic rings. The number of rotatable bonds is 4. The van der Waals surface area contributed by atoms with Crippen molar-refractivity contribution in [3.63, 3.8) is 0 Å². The van der Waals surface area contributed by atoms with Gasteiger partial charge in [0.05, 0.1) is 6.61 Å². The van der Waals surface area contributed by atoms with Gasteiger partial charge in [-0.1, -0.05) is 0 Å². The van der Waals surface area contributed by atoms with Gasteiger partial charge in [-0.3, -0.25) is 0 Å². The molecule has 0 fully saturated rings. The highest BCUT2D eigenvalue weighted by Crippen LogP contribution is 2.00. The second-order valence-electron chi connectivity index (χ2n) is 2.75. The fraction of sp³-hybridized carbons (Fsp3) is 0.375. The van der Waals surface area contributed by atoms with Crippen LogP contribution in [-0.4, -0.2) is 33.0 Å². The molecule has 0 aromatic carbocycles. The first-order chi connectivity index (χ1) is 6.92. The van der Waals surface area contributed by atoms with Crippen molar-refractivity contribution in [3.05, 3.63) is 24.2 Å². The van der Waals surface area contributed by atoms with E-state index in [9.17, 15) is 0 Å². The van der Waals surface area contributed by atoms with Crippen molar-refractivity contribution < 1.29 is 4.74 Å². The summed E-state index contributed by atoms with van der Waals surface area (Å²) in [5.74, 6) is 0.689. The lowest BCUT2D eigenvalue weighted by molar-refractivity contribution is 0.121. The Morgan fingerprint density at radius 3 is 3.21 bits per heavy atom. The van der Waals surface area contributed by atoms with Crippen LogP contribution in [-0.2, 0) is 11.3 Å². The van der Waals surface area contributed by atoms with Crippen molar-refractivity contribution in [3.8, 4) is 0 Å². The van der Waals surface area contributed by atoms with Crippen LogP contribution in [0.1, 0.15) is 5.82 Å². The van der Waals surface area contributed by atoms with E-state index in [2.05, 4.69) is 15.3 Å². The lowest BCUT2D eigenvalue weighted by Gasteiger charge is -1.99. The van der Waals surface area contributed by atoms with Crippen molar-refractivity contribution in [2.75, 3.05) is 13.2 Å². The number of hydrogen-bond acceptors (Lipinski definition) is 5. The molecule has 14 heavy (non-hydrogen) atoms.